The van der Waals surface area contributed by atoms with Crippen molar-refractivity contribution in [3.8, 4) is 5.75 Å². The van der Waals surface area contributed by atoms with Crippen LogP contribution in [0.25, 0.3) is 0 Å². The van der Waals surface area contributed by atoms with Gasteiger partial charge < -0.3 is 39.6 Å². The molecule has 2 unspecified atom stereocenters. The Balaban J connectivity index is 1.33. The van der Waals surface area contributed by atoms with Crippen molar-refractivity contribution < 1.29 is 42.6 Å². The standard InChI is InChI=1S/C43H51FN6O8/c1-42(2,3)58-41(55)48-43(4,5)40(54)46-33(26-57-25-28-12-8-7-9-13-28)38(52)47-35-24-50(27-45-35)36(32-14-10-11-15-34(32)56-6)39(53)49-22-20-30(21-23-49)37(51)29-16-18-31(44)19-17-29/h7-19,24,27,30,33,36H,20-23,25-26H2,1-6H3,(H,46,54)(H,47,52)(H,48,55). The van der Waals surface area contributed by atoms with E-state index in [0.717, 1.165) is 5.56 Å². The number of halogens is 1. The van der Waals surface area contributed by atoms with Crippen LogP contribution in [0, 0.1) is 11.7 Å². The van der Waals surface area contributed by atoms with Gasteiger partial charge in [0.05, 0.1) is 26.7 Å². The smallest absolute Gasteiger partial charge is 0.408 e. The third-order valence-electron chi connectivity index (χ3n) is 9.52. The van der Waals surface area contributed by atoms with Crippen molar-refractivity contribution in [2.24, 2.45) is 5.92 Å². The van der Waals surface area contributed by atoms with Crippen molar-refractivity contribution in [2.45, 2.75) is 77.3 Å². The summed E-state index contributed by atoms with van der Waals surface area (Å²) in [5.74, 6) is -1.88. The molecule has 2 atom stereocenters. The highest BCUT2D eigenvalue weighted by Gasteiger charge is 2.36. The second kappa shape index (κ2) is 18.9. The fraction of sp³-hybridized carbons (Fsp3) is 0.395. The molecule has 1 aliphatic heterocycles. The number of para-hydroxylation sites is 1. The van der Waals surface area contributed by atoms with Crippen LogP contribution < -0.4 is 20.7 Å². The van der Waals surface area contributed by atoms with Crippen LogP contribution in [0.15, 0.2) is 91.4 Å². The summed E-state index contributed by atoms with van der Waals surface area (Å²) in [6, 6.07) is 19.7. The number of alkyl carbamates (subject to hydrolysis) is 1. The predicted octanol–water partition coefficient (Wildman–Crippen LogP) is 5.69. The van der Waals surface area contributed by atoms with Crippen molar-refractivity contribution in [2.75, 3.05) is 32.1 Å². The number of nitrogens with zero attached hydrogens (tertiary/aromatic N) is 3. The van der Waals surface area contributed by atoms with Gasteiger partial charge in [-0.05, 0) is 83.4 Å². The minimum atomic E-state index is -1.48. The largest absolute Gasteiger partial charge is 0.496 e. The van der Waals surface area contributed by atoms with E-state index in [9.17, 15) is 28.4 Å². The molecule has 0 aliphatic carbocycles. The molecule has 58 heavy (non-hydrogen) atoms. The van der Waals surface area contributed by atoms with E-state index in [1.54, 1.807) is 54.5 Å². The molecule has 1 aliphatic rings. The number of rotatable bonds is 15. The summed E-state index contributed by atoms with van der Waals surface area (Å²) in [7, 11) is 1.51. The Bertz CT molecular complexity index is 2060. The van der Waals surface area contributed by atoms with E-state index in [-0.39, 0.29) is 36.6 Å². The molecule has 0 radical (unpaired) electrons. The molecule has 1 saturated heterocycles. The number of hydrogen-bond donors (Lipinski definition) is 3. The molecular weight excluding hydrogens is 748 g/mol. The molecule has 4 aromatic rings. The van der Waals surface area contributed by atoms with Gasteiger partial charge in [0, 0.05) is 36.3 Å². The minimum absolute atomic E-state index is 0.0915. The average molecular weight is 799 g/mol. The zero-order valence-electron chi connectivity index (χ0n) is 33.6. The molecule has 0 saturated carbocycles. The van der Waals surface area contributed by atoms with Crippen molar-refractivity contribution in [1.82, 2.24) is 25.1 Å². The molecule has 0 bridgehead atoms. The number of ketones is 1. The molecule has 308 valence electrons. The van der Waals surface area contributed by atoms with Crippen molar-refractivity contribution in [3.05, 3.63) is 114 Å². The van der Waals surface area contributed by atoms with Crippen LogP contribution in [-0.2, 0) is 30.5 Å². The number of likely N-dealkylation sites (tertiary alicyclic amines) is 1. The molecule has 3 aromatic carbocycles. The molecule has 5 rings (SSSR count). The number of carbonyl (C=O) groups excluding carboxylic acids is 5. The fourth-order valence-electron chi connectivity index (χ4n) is 6.46. The Kier molecular flexibility index (Phi) is 14.0. The highest BCUT2D eigenvalue weighted by Crippen LogP contribution is 2.32. The number of benzene rings is 3. The Morgan fingerprint density at radius 1 is 0.897 bits per heavy atom. The van der Waals surface area contributed by atoms with E-state index in [4.69, 9.17) is 14.2 Å². The van der Waals surface area contributed by atoms with Crippen LogP contribution in [-0.4, -0.2) is 88.0 Å². The number of aromatic nitrogens is 2. The van der Waals surface area contributed by atoms with Gasteiger partial charge in [0.1, 0.15) is 34.8 Å². The maximum atomic E-state index is 14.4. The van der Waals surface area contributed by atoms with Gasteiger partial charge in [-0.25, -0.2) is 14.2 Å². The molecule has 1 fully saturated rings. The second-order valence-electron chi connectivity index (χ2n) is 15.6. The number of Topliss-reactive ketones (excluding diaryl/α,β-unsaturated/α-hetero) is 1. The Hall–Kier alpha value is -6.09. The molecule has 15 heteroatoms. The maximum Gasteiger partial charge on any atom is 0.408 e. The summed E-state index contributed by atoms with van der Waals surface area (Å²) >= 11 is 0. The molecule has 4 amide bonds. The number of anilines is 1. The van der Waals surface area contributed by atoms with Crippen LogP contribution in [0.5, 0.6) is 5.75 Å². The van der Waals surface area contributed by atoms with E-state index < -0.39 is 46.9 Å². The van der Waals surface area contributed by atoms with Gasteiger partial charge in [-0.3, -0.25) is 19.2 Å². The van der Waals surface area contributed by atoms with Gasteiger partial charge in [-0.15, -0.1) is 0 Å². The lowest BCUT2D eigenvalue weighted by atomic mass is 9.88. The molecular formula is C43H51FN6O8. The second-order valence-corrected chi connectivity index (χ2v) is 15.6. The Morgan fingerprint density at radius 3 is 2.21 bits per heavy atom. The first-order valence-corrected chi connectivity index (χ1v) is 19.0. The fourth-order valence-corrected chi connectivity index (χ4v) is 6.46. The van der Waals surface area contributed by atoms with Crippen LogP contribution in [0.3, 0.4) is 0 Å². The molecule has 0 spiro atoms. The number of amides is 4. The zero-order chi connectivity index (χ0) is 42.0. The highest BCUT2D eigenvalue weighted by atomic mass is 19.1. The van der Waals surface area contributed by atoms with Gasteiger partial charge in [0.2, 0.25) is 11.8 Å². The zero-order valence-corrected chi connectivity index (χ0v) is 33.6. The minimum Gasteiger partial charge on any atom is -0.496 e. The Labute approximate surface area is 337 Å². The van der Waals surface area contributed by atoms with Crippen LogP contribution in [0.1, 0.15) is 75.0 Å². The van der Waals surface area contributed by atoms with E-state index in [2.05, 4.69) is 20.9 Å². The first-order chi connectivity index (χ1) is 27.5. The first-order valence-electron chi connectivity index (χ1n) is 19.0. The predicted molar refractivity (Wildman–Crippen MR) is 214 cm³/mol. The first kappa shape index (κ1) is 43.0. The van der Waals surface area contributed by atoms with Crippen molar-refractivity contribution >= 4 is 35.4 Å². The lowest BCUT2D eigenvalue weighted by Gasteiger charge is -2.34. The summed E-state index contributed by atoms with van der Waals surface area (Å²) in [4.78, 5) is 73.6. The number of methoxy groups -OCH3 is 1. The van der Waals surface area contributed by atoms with Crippen LogP contribution in [0.4, 0.5) is 15.0 Å². The van der Waals surface area contributed by atoms with Gasteiger partial charge >= 0.3 is 6.09 Å². The van der Waals surface area contributed by atoms with Crippen LogP contribution in [0.2, 0.25) is 0 Å². The van der Waals surface area contributed by atoms with Crippen molar-refractivity contribution in [1.29, 1.82) is 0 Å². The average Bonchev–Trinajstić information content (AvgIpc) is 3.64. The van der Waals surface area contributed by atoms with E-state index >= 15 is 0 Å². The monoisotopic (exact) mass is 798 g/mol. The number of piperidine rings is 1. The number of nitrogens with one attached hydrogen (secondary N) is 3. The number of imidazole rings is 1. The molecule has 3 N–H and O–H groups in total. The third kappa shape index (κ3) is 11.5. The highest BCUT2D eigenvalue weighted by molar-refractivity contribution is 5.99. The lowest BCUT2D eigenvalue weighted by molar-refractivity contribution is -0.134. The summed E-state index contributed by atoms with van der Waals surface area (Å²) in [5, 5.41) is 7.97. The molecule has 14 nitrogen and oxygen atoms in total. The van der Waals surface area contributed by atoms with E-state index in [0.29, 0.717) is 42.8 Å². The Morgan fingerprint density at radius 2 is 1.55 bits per heavy atom. The SMILES string of the molecule is COc1ccccc1C(C(=O)N1CCC(C(=O)c2ccc(F)cc2)CC1)n1cnc(NC(=O)C(COCc2ccccc2)NC(=O)C(C)(C)NC(=O)OC(C)(C)C)c1. The van der Waals surface area contributed by atoms with Crippen LogP contribution >= 0.6 is 0 Å². The summed E-state index contributed by atoms with van der Waals surface area (Å²) < 4.78 is 31.9. The summed E-state index contributed by atoms with van der Waals surface area (Å²) in [6.45, 7) is 8.61. The topological polar surface area (TPSA) is 170 Å². The number of hydrogen-bond acceptors (Lipinski definition) is 9. The van der Waals surface area contributed by atoms with Crippen molar-refractivity contribution in [3.63, 3.8) is 0 Å². The van der Waals surface area contributed by atoms with E-state index in [1.165, 1.54) is 57.7 Å². The quantitative estimate of drug-likeness (QED) is 0.128. The van der Waals surface area contributed by atoms with Gasteiger partial charge in [-0.1, -0.05) is 48.5 Å². The number of ether oxygens (including phenoxy) is 3. The maximum absolute atomic E-state index is 14.4. The summed E-state index contributed by atoms with van der Waals surface area (Å²) in [6.07, 6.45) is 2.98. The molecule has 2 heterocycles. The van der Waals surface area contributed by atoms with Gasteiger partial charge in [-0.2, -0.15) is 0 Å². The third-order valence-corrected chi connectivity index (χ3v) is 9.52. The summed E-state index contributed by atoms with van der Waals surface area (Å²) in [5.41, 5.74) is -0.445. The number of carbonyl (C=O) groups is 5. The van der Waals surface area contributed by atoms with Gasteiger partial charge in [0.15, 0.2) is 11.6 Å². The normalized spacial score (nSPS) is 14.5. The van der Waals surface area contributed by atoms with E-state index in [1.807, 2.05) is 30.3 Å². The lowest BCUT2D eigenvalue weighted by Crippen LogP contribution is -2.59. The molecule has 1 aromatic heterocycles. The van der Waals surface area contributed by atoms with Gasteiger partial charge in [0.25, 0.3) is 5.91 Å².